The Balaban J connectivity index is 1.68. The molecule has 2 aromatic carbocycles. The SMILES string of the molecule is CCCCOCCOC(=O)C1CCC(c2ccccc2)=C(c2ccccc2)C1. The average Bonchev–Trinajstić information content (AvgIpc) is 2.77. The Hall–Kier alpha value is -2.39. The number of carbonyl (C=O) groups excluding carboxylic acids is 1. The van der Waals surface area contributed by atoms with Gasteiger partial charge < -0.3 is 9.47 Å². The standard InChI is InChI=1S/C25H30O3/c1-2-3-16-27-17-18-28-25(26)22-14-15-23(20-10-6-4-7-11-20)24(19-22)21-12-8-5-9-13-21/h4-13,22H,2-3,14-19H2,1H3. The second kappa shape index (κ2) is 10.8. The van der Waals surface area contributed by atoms with Gasteiger partial charge in [0.25, 0.3) is 0 Å². The number of hydrogen-bond donors (Lipinski definition) is 0. The first-order valence-corrected chi connectivity index (χ1v) is 10.4. The molecule has 1 aliphatic rings. The first kappa shape index (κ1) is 20.3. The minimum Gasteiger partial charge on any atom is -0.463 e. The largest absolute Gasteiger partial charge is 0.463 e. The van der Waals surface area contributed by atoms with Crippen LogP contribution in [0.1, 0.15) is 50.2 Å². The molecule has 0 bridgehead atoms. The van der Waals surface area contributed by atoms with Gasteiger partial charge in [-0.05, 0) is 48.0 Å². The molecular formula is C25H30O3. The van der Waals surface area contributed by atoms with Crippen LogP contribution in [0.4, 0.5) is 0 Å². The third-order valence-electron chi connectivity index (χ3n) is 5.25. The topological polar surface area (TPSA) is 35.5 Å². The summed E-state index contributed by atoms with van der Waals surface area (Å²) in [4.78, 5) is 12.6. The maximum Gasteiger partial charge on any atom is 0.309 e. The molecule has 0 aromatic heterocycles. The fourth-order valence-corrected chi connectivity index (χ4v) is 3.70. The Kier molecular flexibility index (Phi) is 7.86. The van der Waals surface area contributed by atoms with Crippen LogP contribution in [-0.2, 0) is 14.3 Å². The Labute approximate surface area is 168 Å². The van der Waals surface area contributed by atoms with Crippen LogP contribution >= 0.6 is 0 Å². The molecule has 28 heavy (non-hydrogen) atoms. The van der Waals surface area contributed by atoms with Crippen LogP contribution < -0.4 is 0 Å². The van der Waals surface area contributed by atoms with E-state index in [0.29, 0.717) is 13.2 Å². The lowest BCUT2D eigenvalue weighted by molar-refractivity contribution is -0.150. The molecule has 0 saturated carbocycles. The highest BCUT2D eigenvalue weighted by atomic mass is 16.6. The lowest BCUT2D eigenvalue weighted by Gasteiger charge is -2.27. The van der Waals surface area contributed by atoms with Crippen LogP contribution in [0.25, 0.3) is 11.1 Å². The normalized spacial score (nSPS) is 16.8. The second-order valence-corrected chi connectivity index (χ2v) is 7.26. The molecule has 1 unspecified atom stereocenters. The van der Waals surface area contributed by atoms with Crippen LogP contribution in [0.15, 0.2) is 60.7 Å². The van der Waals surface area contributed by atoms with Crippen molar-refractivity contribution < 1.29 is 14.3 Å². The molecule has 3 heteroatoms. The number of ether oxygens (including phenoxy) is 2. The van der Waals surface area contributed by atoms with Crippen molar-refractivity contribution in [3.63, 3.8) is 0 Å². The summed E-state index contributed by atoms with van der Waals surface area (Å²) < 4.78 is 11.0. The summed E-state index contributed by atoms with van der Waals surface area (Å²) >= 11 is 0. The molecule has 0 spiro atoms. The molecule has 0 N–H and O–H groups in total. The fourth-order valence-electron chi connectivity index (χ4n) is 3.70. The van der Waals surface area contributed by atoms with Crippen molar-refractivity contribution in [2.45, 2.75) is 39.0 Å². The summed E-state index contributed by atoms with van der Waals surface area (Å²) in [6, 6.07) is 20.9. The monoisotopic (exact) mass is 378 g/mol. The highest BCUT2D eigenvalue weighted by Crippen LogP contribution is 2.40. The summed E-state index contributed by atoms with van der Waals surface area (Å²) in [7, 11) is 0. The maximum absolute atomic E-state index is 12.6. The van der Waals surface area contributed by atoms with Gasteiger partial charge in [-0.25, -0.2) is 0 Å². The van der Waals surface area contributed by atoms with Gasteiger partial charge >= 0.3 is 5.97 Å². The van der Waals surface area contributed by atoms with Gasteiger partial charge in [-0.3, -0.25) is 4.79 Å². The highest BCUT2D eigenvalue weighted by molar-refractivity contribution is 5.93. The van der Waals surface area contributed by atoms with Crippen LogP contribution in [0.3, 0.4) is 0 Å². The molecule has 0 saturated heterocycles. The van der Waals surface area contributed by atoms with E-state index in [0.717, 1.165) is 38.7 Å². The smallest absolute Gasteiger partial charge is 0.309 e. The van der Waals surface area contributed by atoms with E-state index in [9.17, 15) is 4.79 Å². The highest BCUT2D eigenvalue weighted by Gasteiger charge is 2.28. The van der Waals surface area contributed by atoms with Crippen molar-refractivity contribution in [2.24, 2.45) is 5.92 Å². The minimum atomic E-state index is -0.0976. The second-order valence-electron chi connectivity index (χ2n) is 7.26. The number of rotatable bonds is 9. The van der Waals surface area contributed by atoms with Crippen molar-refractivity contribution in [3.8, 4) is 0 Å². The molecule has 148 valence electrons. The lowest BCUT2D eigenvalue weighted by Crippen LogP contribution is -2.23. The lowest BCUT2D eigenvalue weighted by atomic mass is 9.78. The van der Waals surface area contributed by atoms with Crippen molar-refractivity contribution in [1.82, 2.24) is 0 Å². The number of allylic oxidation sites excluding steroid dienone is 2. The molecule has 3 nitrogen and oxygen atoms in total. The number of unbranched alkanes of at least 4 members (excludes halogenated alkanes) is 1. The fraction of sp³-hybridized carbons (Fsp3) is 0.400. The van der Waals surface area contributed by atoms with E-state index in [1.165, 1.54) is 22.3 Å². The Morgan fingerprint density at radius 1 is 0.893 bits per heavy atom. The van der Waals surface area contributed by atoms with Crippen LogP contribution in [-0.4, -0.2) is 25.8 Å². The molecule has 1 aliphatic carbocycles. The predicted octanol–water partition coefficient (Wildman–Crippen LogP) is 5.76. The first-order valence-electron chi connectivity index (χ1n) is 10.4. The quantitative estimate of drug-likeness (QED) is 0.411. The van der Waals surface area contributed by atoms with E-state index in [1.54, 1.807) is 0 Å². The minimum absolute atomic E-state index is 0.0849. The van der Waals surface area contributed by atoms with Crippen LogP contribution in [0.5, 0.6) is 0 Å². The Morgan fingerprint density at radius 3 is 2.18 bits per heavy atom. The Bertz CT molecular complexity index is 765. The zero-order chi connectivity index (χ0) is 19.6. The van der Waals surface area contributed by atoms with E-state index < -0.39 is 0 Å². The molecule has 2 aromatic rings. The van der Waals surface area contributed by atoms with Gasteiger partial charge in [0.05, 0.1) is 12.5 Å². The van der Waals surface area contributed by atoms with Crippen LogP contribution in [0.2, 0.25) is 0 Å². The molecule has 0 aliphatic heterocycles. The average molecular weight is 379 g/mol. The van der Waals surface area contributed by atoms with Gasteiger partial charge in [-0.1, -0.05) is 74.0 Å². The van der Waals surface area contributed by atoms with Gasteiger partial charge in [0, 0.05) is 6.61 Å². The molecular weight excluding hydrogens is 348 g/mol. The molecule has 0 fully saturated rings. The summed E-state index contributed by atoms with van der Waals surface area (Å²) in [6.45, 7) is 3.69. The van der Waals surface area contributed by atoms with Gasteiger partial charge in [-0.15, -0.1) is 0 Å². The van der Waals surface area contributed by atoms with Crippen molar-refractivity contribution >= 4 is 17.1 Å². The van der Waals surface area contributed by atoms with Gasteiger partial charge in [-0.2, -0.15) is 0 Å². The summed E-state index contributed by atoms with van der Waals surface area (Å²) in [5, 5.41) is 0. The molecule has 0 radical (unpaired) electrons. The number of carbonyl (C=O) groups is 1. The zero-order valence-electron chi connectivity index (χ0n) is 16.7. The third kappa shape index (κ3) is 5.56. The van der Waals surface area contributed by atoms with Gasteiger partial charge in [0.2, 0.25) is 0 Å². The van der Waals surface area contributed by atoms with Crippen molar-refractivity contribution in [2.75, 3.05) is 19.8 Å². The molecule has 1 atom stereocenters. The predicted molar refractivity (Wildman–Crippen MR) is 114 cm³/mol. The van der Waals surface area contributed by atoms with E-state index >= 15 is 0 Å². The maximum atomic E-state index is 12.6. The number of benzene rings is 2. The van der Waals surface area contributed by atoms with E-state index in [-0.39, 0.29) is 11.9 Å². The van der Waals surface area contributed by atoms with E-state index in [1.807, 2.05) is 12.1 Å². The zero-order valence-corrected chi connectivity index (χ0v) is 16.7. The molecule has 0 heterocycles. The third-order valence-corrected chi connectivity index (χ3v) is 5.25. The summed E-state index contributed by atoms with van der Waals surface area (Å²) in [5.74, 6) is -0.182. The van der Waals surface area contributed by atoms with Crippen molar-refractivity contribution in [3.05, 3.63) is 71.8 Å². The van der Waals surface area contributed by atoms with Gasteiger partial charge in [0.15, 0.2) is 0 Å². The molecule has 0 amide bonds. The van der Waals surface area contributed by atoms with Crippen molar-refractivity contribution in [1.29, 1.82) is 0 Å². The van der Waals surface area contributed by atoms with E-state index in [2.05, 4.69) is 55.5 Å². The molecule has 3 rings (SSSR count). The van der Waals surface area contributed by atoms with Gasteiger partial charge in [0.1, 0.15) is 6.61 Å². The van der Waals surface area contributed by atoms with E-state index in [4.69, 9.17) is 9.47 Å². The first-order chi connectivity index (χ1) is 13.8. The van der Waals surface area contributed by atoms with Crippen LogP contribution in [0, 0.1) is 5.92 Å². The number of hydrogen-bond acceptors (Lipinski definition) is 3. The Morgan fingerprint density at radius 2 is 1.54 bits per heavy atom. The summed E-state index contributed by atoms with van der Waals surface area (Å²) in [6.07, 6.45) is 4.60. The summed E-state index contributed by atoms with van der Waals surface area (Å²) in [5.41, 5.74) is 5.05. The number of esters is 1.